The highest BCUT2D eigenvalue weighted by molar-refractivity contribution is 5.93. The number of amides is 4. The molecule has 0 radical (unpaired) electrons. The van der Waals surface area contributed by atoms with E-state index in [0.717, 1.165) is 76.4 Å². The zero-order valence-corrected chi connectivity index (χ0v) is 61.5. The smallest absolute Gasteiger partial charge is 0.412 e. The van der Waals surface area contributed by atoms with Crippen LogP contribution in [0.4, 0.5) is 19.2 Å². The first-order valence-corrected chi connectivity index (χ1v) is 33.6. The number of para-hydroxylation sites is 1. The van der Waals surface area contributed by atoms with Crippen molar-refractivity contribution in [3.05, 3.63) is 258 Å². The first-order chi connectivity index (χ1) is 51.7. The average molecular weight is 1490 g/mol. The molecule has 6 aromatic rings. The van der Waals surface area contributed by atoms with E-state index in [-0.39, 0.29) is 39.1 Å². The van der Waals surface area contributed by atoms with E-state index in [1.165, 1.54) is 28.4 Å². The topological polar surface area (TPSA) is 364 Å². The number of methoxy groups -OCH3 is 4. The molecule has 6 rings (SSSR count). The van der Waals surface area contributed by atoms with Gasteiger partial charge in [0, 0.05) is 48.6 Å². The van der Waals surface area contributed by atoms with Crippen molar-refractivity contribution in [2.24, 2.45) is 0 Å². The number of ether oxygens (including phenoxy) is 12. The Bertz CT molecular complexity index is 3850. The van der Waals surface area contributed by atoms with Gasteiger partial charge >= 0.3 is 72.1 Å². The number of alkyl carbamates (subject to hydrolysis) is 3. The summed E-state index contributed by atoms with van der Waals surface area (Å²) in [4.78, 5) is 139. The molecule has 0 aliphatic rings. The molecule has 28 nitrogen and oxygen atoms in total. The van der Waals surface area contributed by atoms with Crippen LogP contribution in [0.1, 0.15) is 62.4 Å². The van der Waals surface area contributed by atoms with Gasteiger partial charge in [-0.05, 0) is 100 Å². The fourth-order valence-electron chi connectivity index (χ4n) is 8.55. The van der Waals surface area contributed by atoms with E-state index in [4.69, 9.17) is 37.9 Å². The molecule has 0 heterocycles. The summed E-state index contributed by atoms with van der Waals surface area (Å²) in [6, 6.07) is 53.7. The molecule has 0 aromatic heterocycles. The lowest BCUT2D eigenvalue weighted by Crippen LogP contribution is -2.43. The molecule has 6 aromatic carbocycles. The van der Waals surface area contributed by atoms with Gasteiger partial charge in [-0.1, -0.05) is 170 Å². The van der Waals surface area contributed by atoms with E-state index in [1.807, 2.05) is 158 Å². The monoisotopic (exact) mass is 1490 g/mol. The number of carbonyl (C=O) groups excluding carboxylic acids is 12. The normalized spacial score (nSPS) is 11.8. The van der Waals surface area contributed by atoms with Crippen LogP contribution in [0, 0.1) is 0 Å². The Morgan fingerprint density at radius 3 is 0.843 bits per heavy atom. The molecule has 4 amide bonds. The lowest BCUT2D eigenvalue weighted by Gasteiger charge is -2.23. The van der Waals surface area contributed by atoms with Crippen LogP contribution in [0.2, 0.25) is 0 Å². The predicted octanol–water partition coefficient (Wildman–Crippen LogP) is 9.85. The number of hydrogen-bond acceptors (Lipinski definition) is 24. The number of rotatable bonds is 32. The highest BCUT2D eigenvalue weighted by Crippen LogP contribution is 2.13. The Hall–Kier alpha value is -12.9. The summed E-state index contributed by atoms with van der Waals surface area (Å²) in [6.07, 6.45) is 6.81. The molecule has 4 N–H and O–H groups in total. The minimum atomic E-state index is -0.721. The maximum atomic E-state index is 12.2. The van der Waals surface area contributed by atoms with Crippen molar-refractivity contribution in [1.82, 2.24) is 21.3 Å². The van der Waals surface area contributed by atoms with Crippen molar-refractivity contribution in [3.63, 3.8) is 0 Å². The molecule has 4 atom stereocenters. The van der Waals surface area contributed by atoms with Crippen molar-refractivity contribution in [2.75, 3.05) is 54.9 Å². The lowest BCUT2D eigenvalue weighted by molar-refractivity contribution is -0.140. The van der Waals surface area contributed by atoms with Crippen LogP contribution in [0.5, 0.6) is 5.75 Å². The van der Waals surface area contributed by atoms with Gasteiger partial charge in [-0.15, -0.1) is 0 Å². The van der Waals surface area contributed by atoms with E-state index < -0.39 is 102 Å². The third-order valence-electron chi connectivity index (χ3n) is 13.4. The third-order valence-corrected chi connectivity index (χ3v) is 13.4. The summed E-state index contributed by atoms with van der Waals surface area (Å²) in [7, 11) is 4.83. The maximum absolute atomic E-state index is 12.2. The summed E-state index contributed by atoms with van der Waals surface area (Å²) in [5, 5.41) is 10.8. The summed E-state index contributed by atoms with van der Waals surface area (Å²) in [5.41, 5.74) is 4.08. The van der Waals surface area contributed by atoms with E-state index in [1.54, 1.807) is 58.9 Å². The molecule has 0 aliphatic heterocycles. The summed E-state index contributed by atoms with van der Waals surface area (Å²) in [5.74, 6) is -5.09. The number of nitrogens with one attached hydrogen (secondary N) is 4. The maximum Gasteiger partial charge on any atom is 0.412 e. The third kappa shape index (κ3) is 44.6. The van der Waals surface area contributed by atoms with Crippen LogP contribution in [-0.4, -0.2) is 163 Å². The Morgan fingerprint density at radius 2 is 0.565 bits per heavy atom. The highest BCUT2D eigenvalue weighted by atomic mass is 16.6. The Balaban J connectivity index is 0.000000374. The van der Waals surface area contributed by atoms with Gasteiger partial charge in [-0.25, -0.2) is 57.5 Å². The van der Waals surface area contributed by atoms with Crippen LogP contribution in [0.25, 0.3) is 0 Å². The van der Waals surface area contributed by atoms with Crippen LogP contribution in [0.3, 0.4) is 0 Å². The molecular formula is C80H92N4O24. The Kier molecular flexibility index (Phi) is 43.1. The molecule has 0 fully saturated rings. The second-order valence-electron chi connectivity index (χ2n) is 23.8. The number of hydrogen-bond donors (Lipinski definition) is 4. The van der Waals surface area contributed by atoms with Crippen molar-refractivity contribution in [1.29, 1.82) is 0 Å². The summed E-state index contributed by atoms with van der Waals surface area (Å²) >= 11 is 0. The molecule has 576 valence electrons. The molecule has 0 spiro atoms. The fraction of sp³-hybridized carbons (Fsp3) is 0.300. The minimum Gasteiger partial charge on any atom is -0.466 e. The van der Waals surface area contributed by atoms with Crippen LogP contribution >= 0.6 is 0 Å². The highest BCUT2D eigenvalue weighted by Gasteiger charge is 2.23. The molecule has 0 saturated heterocycles. The van der Waals surface area contributed by atoms with Gasteiger partial charge in [-0.2, -0.15) is 0 Å². The van der Waals surface area contributed by atoms with E-state index in [2.05, 4.69) is 40.2 Å². The van der Waals surface area contributed by atoms with Crippen molar-refractivity contribution < 1.29 is 114 Å². The predicted molar refractivity (Wildman–Crippen MR) is 394 cm³/mol. The number of benzene rings is 6. The molecule has 0 aliphatic carbocycles. The van der Waals surface area contributed by atoms with Gasteiger partial charge in [-0.3, -0.25) is 0 Å². The van der Waals surface area contributed by atoms with Gasteiger partial charge in [0.05, 0.1) is 58.7 Å². The first kappa shape index (κ1) is 89.3. The molecule has 0 unspecified atom stereocenters. The van der Waals surface area contributed by atoms with E-state index >= 15 is 0 Å². The van der Waals surface area contributed by atoms with Crippen LogP contribution < -0.4 is 26.0 Å². The molecule has 0 bridgehead atoms. The first-order valence-electron chi connectivity index (χ1n) is 33.6. The lowest BCUT2D eigenvalue weighted by atomic mass is 10.1. The SMILES string of the molecule is COC(=O)/C=C/C(=O)OC[C@@H](Cc1ccccc1)NC(=O)OC(C)(C)C.COC(=O)/C=C/C(=O)OC[C@@H](Cc1ccccc1)NC(=O)OC(C)C.COC(=O)/C=C/C(=O)OC[C@@H](Cc1ccccc1)NC(=O)OCc1ccccc1.COC(=O)/C=C/C(=O)OC[C@@H](Cc1ccccc1)NC(=O)Oc1ccccc1. The standard InChI is InChI=1S/C22H23NO6.C21H21NO6.C19H25NO6.C18H23NO6/c1-27-20(24)12-13-21(25)28-16-19(14-17-8-4-2-5-9-17)23-22(26)29-15-18-10-6-3-7-11-18;1-26-19(23)12-13-20(24)27-15-17(14-16-8-4-2-5-9-16)22-21(25)28-18-10-6-3-7-11-18;1-19(2,3)26-18(23)20-15(12-14-8-6-5-7-9-14)13-25-17(22)11-10-16(21)24-4;1-13(2)25-18(22)19-15(11-14-7-5-4-6-8-14)12-24-17(21)10-9-16(20)23-3/h2-13,19H,14-16H2,1H3,(H,23,26);2-13,17H,14-15H2,1H3,(H,22,25);5-11,15H,12-13H2,1-4H3,(H,20,23);4-10,13,15H,11-12H2,1-3H3,(H,19,22)/b2*13-12+;11-10+;10-9+/t19-;17-;2*15-/m1111/s1. The summed E-state index contributed by atoms with van der Waals surface area (Å²) < 4.78 is 58.8. The van der Waals surface area contributed by atoms with Gasteiger partial charge in [0.1, 0.15) is 44.4 Å². The van der Waals surface area contributed by atoms with Crippen LogP contribution in [0.15, 0.2) is 231 Å². The van der Waals surface area contributed by atoms with Gasteiger partial charge in [0.15, 0.2) is 0 Å². The fourth-order valence-corrected chi connectivity index (χ4v) is 8.55. The van der Waals surface area contributed by atoms with Crippen molar-refractivity contribution in [2.45, 2.75) is 103 Å². The molecular weight excluding hydrogens is 1400 g/mol. The second kappa shape index (κ2) is 52.1. The van der Waals surface area contributed by atoms with Gasteiger partial charge in [0.2, 0.25) is 0 Å². The average Bonchev–Trinajstić information content (AvgIpc) is 0.918. The van der Waals surface area contributed by atoms with E-state index in [0.29, 0.717) is 31.4 Å². The zero-order valence-electron chi connectivity index (χ0n) is 61.5. The van der Waals surface area contributed by atoms with Crippen molar-refractivity contribution >= 4 is 72.1 Å². The second-order valence-corrected chi connectivity index (χ2v) is 23.8. The molecule has 28 heteroatoms. The molecule has 0 saturated carbocycles. The number of esters is 8. The Labute approximate surface area is 627 Å². The van der Waals surface area contributed by atoms with Crippen LogP contribution in [-0.2, 0) is 123 Å². The van der Waals surface area contributed by atoms with Gasteiger partial charge in [0.25, 0.3) is 0 Å². The number of carbonyl (C=O) groups is 12. The molecule has 108 heavy (non-hydrogen) atoms. The largest absolute Gasteiger partial charge is 0.466 e. The van der Waals surface area contributed by atoms with Gasteiger partial charge < -0.3 is 78.1 Å². The van der Waals surface area contributed by atoms with Crippen molar-refractivity contribution in [3.8, 4) is 5.75 Å². The zero-order chi connectivity index (χ0) is 79.3. The minimum absolute atomic E-state index is 0.0631. The quantitative estimate of drug-likeness (QED) is 0.0173. The van der Waals surface area contributed by atoms with E-state index in [9.17, 15) is 57.5 Å². The summed E-state index contributed by atoms with van der Waals surface area (Å²) in [6.45, 7) is 8.58. The Morgan fingerprint density at radius 1 is 0.315 bits per heavy atom.